The van der Waals surface area contributed by atoms with Crippen molar-refractivity contribution in [1.29, 1.82) is 0 Å². The third-order valence-electron chi connectivity index (χ3n) is 2.44. The number of aryl methyl sites for hydroxylation is 1. The molecule has 0 fully saturated rings. The van der Waals surface area contributed by atoms with E-state index < -0.39 is 5.97 Å². The van der Waals surface area contributed by atoms with E-state index in [2.05, 4.69) is 15.4 Å². The van der Waals surface area contributed by atoms with Crippen LogP contribution in [0.15, 0.2) is 5.38 Å². The van der Waals surface area contributed by atoms with E-state index in [1.54, 1.807) is 0 Å². The van der Waals surface area contributed by atoms with Gasteiger partial charge in [0.2, 0.25) is 5.91 Å². The molecule has 0 unspecified atom stereocenters. The van der Waals surface area contributed by atoms with Crippen molar-refractivity contribution in [3.05, 3.63) is 15.8 Å². The van der Waals surface area contributed by atoms with Gasteiger partial charge in [-0.15, -0.1) is 11.3 Å². The molecule has 1 amide bonds. The highest BCUT2D eigenvalue weighted by atomic mass is 32.1. The number of rotatable bonds is 6. The molecule has 0 spiro atoms. The van der Waals surface area contributed by atoms with Gasteiger partial charge in [0.15, 0.2) is 0 Å². The second kappa shape index (κ2) is 7.13. The molecule has 0 radical (unpaired) electrons. The lowest BCUT2D eigenvalue weighted by atomic mass is 10.2. The van der Waals surface area contributed by atoms with Gasteiger partial charge in [-0.2, -0.15) is 0 Å². The highest BCUT2D eigenvalue weighted by Crippen LogP contribution is 2.28. The van der Waals surface area contributed by atoms with Gasteiger partial charge < -0.3 is 15.4 Å². The molecule has 0 aliphatic carbocycles. The van der Waals surface area contributed by atoms with Crippen molar-refractivity contribution in [3.63, 3.8) is 0 Å². The van der Waals surface area contributed by atoms with Crippen LogP contribution in [0.4, 0.5) is 5.69 Å². The molecular weight excluding hydrogens is 252 g/mol. The van der Waals surface area contributed by atoms with E-state index in [0.717, 1.165) is 18.5 Å². The summed E-state index contributed by atoms with van der Waals surface area (Å²) >= 11 is 1.28. The van der Waals surface area contributed by atoms with E-state index in [-0.39, 0.29) is 5.91 Å². The van der Waals surface area contributed by atoms with E-state index in [9.17, 15) is 9.59 Å². The van der Waals surface area contributed by atoms with Gasteiger partial charge in [-0.05, 0) is 37.9 Å². The molecule has 0 atom stereocenters. The lowest BCUT2D eigenvalue weighted by Crippen LogP contribution is -2.16. The third kappa shape index (κ3) is 3.82. The first-order valence-electron chi connectivity index (χ1n) is 5.71. The summed E-state index contributed by atoms with van der Waals surface area (Å²) in [6.45, 7) is 2.64. The summed E-state index contributed by atoms with van der Waals surface area (Å²) in [5, 5.41) is 7.58. The maximum absolute atomic E-state index is 11.7. The van der Waals surface area contributed by atoms with E-state index in [0.29, 0.717) is 17.0 Å². The van der Waals surface area contributed by atoms with E-state index in [1.807, 2.05) is 19.4 Å². The van der Waals surface area contributed by atoms with E-state index in [4.69, 9.17) is 0 Å². The number of carbonyl (C=O) groups excluding carboxylic acids is 2. The smallest absolute Gasteiger partial charge is 0.350 e. The minimum absolute atomic E-state index is 0.0862. The number of anilines is 1. The number of hydrogen-bond donors (Lipinski definition) is 2. The van der Waals surface area contributed by atoms with Gasteiger partial charge in [0, 0.05) is 6.42 Å². The molecule has 2 N–H and O–H groups in total. The van der Waals surface area contributed by atoms with Crippen LogP contribution in [0.25, 0.3) is 0 Å². The number of thiophene rings is 1. The Balaban J connectivity index is 2.68. The maximum atomic E-state index is 11.7. The highest BCUT2D eigenvalue weighted by Gasteiger charge is 2.18. The zero-order valence-electron chi connectivity index (χ0n) is 10.8. The molecule has 0 saturated carbocycles. The third-order valence-corrected chi connectivity index (χ3v) is 3.52. The van der Waals surface area contributed by atoms with Crippen LogP contribution in [0.3, 0.4) is 0 Å². The standard InChI is InChI=1S/C12H18N2O3S/c1-8-7-18-11(12(16)17-3)10(8)14-9(15)5-4-6-13-2/h7,13H,4-6H2,1-3H3,(H,14,15). The van der Waals surface area contributed by atoms with Crippen molar-refractivity contribution in [2.75, 3.05) is 26.0 Å². The summed E-state index contributed by atoms with van der Waals surface area (Å²) < 4.78 is 4.68. The molecule has 1 heterocycles. The predicted octanol–water partition coefficient (Wildman–Crippen LogP) is 1.78. The van der Waals surface area contributed by atoms with Crippen molar-refractivity contribution < 1.29 is 14.3 Å². The summed E-state index contributed by atoms with van der Waals surface area (Å²) in [7, 11) is 3.17. The minimum Gasteiger partial charge on any atom is -0.465 e. The number of methoxy groups -OCH3 is 1. The molecule has 1 rings (SSSR count). The van der Waals surface area contributed by atoms with E-state index in [1.165, 1.54) is 18.4 Å². The average molecular weight is 270 g/mol. The average Bonchev–Trinajstić information content (AvgIpc) is 2.71. The lowest BCUT2D eigenvalue weighted by molar-refractivity contribution is -0.116. The summed E-state index contributed by atoms with van der Waals surface area (Å²) in [5.74, 6) is -0.504. The van der Waals surface area contributed by atoms with Crippen LogP contribution < -0.4 is 10.6 Å². The number of ether oxygens (including phenoxy) is 1. The fraction of sp³-hybridized carbons (Fsp3) is 0.500. The Morgan fingerprint density at radius 2 is 2.17 bits per heavy atom. The number of amides is 1. The van der Waals surface area contributed by atoms with E-state index >= 15 is 0 Å². The molecule has 1 aromatic rings. The number of carbonyl (C=O) groups is 2. The SMILES string of the molecule is CNCCCC(=O)Nc1c(C)csc1C(=O)OC. The van der Waals surface area contributed by atoms with Crippen molar-refractivity contribution in [1.82, 2.24) is 5.32 Å². The maximum Gasteiger partial charge on any atom is 0.350 e. The van der Waals surface area contributed by atoms with Gasteiger partial charge >= 0.3 is 5.97 Å². The van der Waals surface area contributed by atoms with Gasteiger partial charge in [-0.3, -0.25) is 4.79 Å². The molecule has 0 aliphatic rings. The molecular formula is C12H18N2O3S. The minimum atomic E-state index is -0.418. The monoisotopic (exact) mass is 270 g/mol. The Hall–Kier alpha value is -1.40. The second-order valence-electron chi connectivity index (χ2n) is 3.87. The molecule has 5 nitrogen and oxygen atoms in total. The van der Waals surface area contributed by atoms with Crippen LogP contribution >= 0.6 is 11.3 Å². The van der Waals surface area contributed by atoms with Crippen LogP contribution in [0.1, 0.15) is 28.1 Å². The number of esters is 1. The largest absolute Gasteiger partial charge is 0.465 e. The van der Waals surface area contributed by atoms with Crippen LogP contribution in [-0.4, -0.2) is 32.6 Å². The number of nitrogens with one attached hydrogen (secondary N) is 2. The Morgan fingerprint density at radius 1 is 1.44 bits per heavy atom. The first-order chi connectivity index (χ1) is 8.60. The van der Waals surface area contributed by atoms with Crippen LogP contribution in [-0.2, 0) is 9.53 Å². The Labute approximate surface area is 111 Å². The Morgan fingerprint density at radius 3 is 2.78 bits per heavy atom. The van der Waals surface area contributed by atoms with Gasteiger partial charge in [0.25, 0.3) is 0 Å². The van der Waals surface area contributed by atoms with Crippen molar-refractivity contribution in [2.45, 2.75) is 19.8 Å². The fourth-order valence-electron chi connectivity index (χ4n) is 1.47. The molecule has 0 aliphatic heterocycles. The first-order valence-corrected chi connectivity index (χ1v) is 6.59. The summed E-state index contributed by atoms with van der Waals surface area (Å²) in [6, 6.07) is 0. The predicted molar refractivity (Wildman–Crippen MR) is 72.2 cm³/mol. The van der Waals surface area contributed by atoms with Crippen LogP contribution in [0.5, 0.6) is 0 Å². The molecule has 18 heavy (non-hydrogen) atoms. The van der Waals surface area contributed by atoms with Gasteiger partial charge in [-0.1, -0.05) is 0 Å². The van der Waals surface area contributed by atoms with Crippen molar-refractivity contribution in [3.8, 4) is 0 Å². The first kappa shape index (κ1) is 14.7. The molecule has 1 aromatic heterocycles. The Kier molecular flexibility index (Phi) is 5.80. The molecule has 0 aromatic carbocycles. The molecule has 0 saturated heterocycles. The molecule has 6 heteroatoms. The fourth-order valence-corrected chi connectivity index (χ4v) is 2.39. The van der Waals surface area contributed by atoms with Crippen LogP contribution in [0, 0.1) is 6.92 Å². The molecule has 100 valence electrons. The van der Waals surface area contributed by atoms with Crippen molar-refractivity contribution >= 4 is 28.9 Å². The van der Waals surface area contributed by atoms with Gasteiger partial charge in [0.05, 0.1) is 12.8 Å². The summed E-state index contributed by atoms with van der Waals surface area (Å²) in [6.07, 6.45) is 1.19. The normalized spacial score (nSPS) is 10.2. The van der Waals surface area contributed by atoms with Crippen molar-refractivity contribution in [2.24, 2.45) is 0 Å². The number of hydrogen-bond acceptors (Lipinski definition) is 5. The van der Waals surface area contributed by atoms with Gasteiger partial charge in [-0.25, -0.2) is 4.79 Å². The zero-order valence-corrected chi connectivity index (χ0v) is 11.6. The lowest BCUT2D eigenvalue weighted by Gasteiger charge is -2.07. The van der Waals surface area contributed by atoms with Gasteiger partial charge in [0.1, 0.15) is 4.88 Å². The summed E-state index contributed by atoms with van der Waals surface area (Å²) in [5.41, 5.74) is 1.45. The Bertz CT molecular complexity index is 429. The quantitative estimate of drug-likeness (QED) is 0.611. The van der Waals surface area contributed by atoms with Crippen LogP contribution in [0.2, 0.25) is 0 Å². The molecule has 0 bridgehead atoms. The highest BCUT2D eigenvalue weighted by molar-refractivity contribution is 7.12. The summed E-state index contributed by atoms with van der Waals surface area (Å²) in [4.78, 5) is 23.7. The second-order valence-corrected chi connectivity index (χ2v) is 4.75. The topological polar surface area (TPSA) is 67.4 Å². The zero-order chi connectivity index (χ0) is 13.5.